The van der Waals surface area contributed by atoms with Gasteiger partial charge in [0, 0.05) is 21.3 Å². The highest BCUT2D eigenvalue weighted by molar-refractivity contribution is 9.10. The summed E-state index contributed by atoms with van der Waals surface area (Å²) >= 11 is 4.76. The van der Waals surface area contributed by atoms with E-state index in [-0.39, 0.29) is 5.69 Å². The Balaban J connectivity index is 2.09. The van der Waals surface area contributed by atoms with Crippen LogP contribution in [0.5, 0.6) is 0 Å². The van der Waals surface area contributed by atoms with Gasteiger partial charge in [0.05, 0.1) is 11.3 Å². The highest BCUT2D eigenvalue weighted by atomic mass is 79.9. The molecule has 7 heteroatoms. The van der Waals surface area contributed by atoms with Gasteiger partial charge in [-0.1, -0.05) is 0 Å². The van der Waals surface area contributed by atoms with Gasteiger partial charge in [-0.05, 0) is 40.2 Å². The van der Waals surface area contributed by atoms with Gasteiger partial charge >= 0.3 is 6.18 Å². The van der Waals surface area contributed by atoms with Crippen molar-refractivity contribution in [2.45, 2.75) is 12.7 Å². The van der Waals surface area contributed by atoms with Crippen LogP contribution in [0, 0.1) is 5.82 Å². The first-order chi connectivity index (χ1) is 8.86. The van der Waals surface area contributed by atoms with Crippen LogP contribution in [0.25, 0.3) is 0 Å². The number of rotatable bonds is 3. The predicted octanol–water partition coefficient (Wildman–Crippen LogP) is 5.28. The van der Waals surface area contributed by atoms with E-state index >= 15 is 0 Å². The number of hydrogen-bond acceptors (Lipinski definition) is 2. The van der Waals surface area contributed by atoms with Crippen molar-refractivity contribution in [2.75, 3.05) is 5.32 Å². The van der Waals surface area contributed by atoms with Crippen molar-refractivity contribution in [1.29, 1.82) is 0 Å². The minimum absolute atomic E-state index is 0.0533. The van der Waals surface area contributed by atoms with Gasteiger partial charge in [0.15, 0.2) is 0 Å². The first kappa shape index (κ1) is 14.3. The molecule has 1 aromatic carbocycles. The summed E-state index contributed by atoms with van der Waals surface area (Å²) < 4.78 is 51.5. The highest BCUT2D eigenvalue weighted by Crippen LogP contribution is 2.31. The van der Waals surface area contributed by atoms with Crippen molar-refractivity contribution in [2.24, 2.45) is 0 Å². The van der Waals surface area contributed by atoms with Gasteiger partial charge in [0.2, 0.25) is 0 Å². The fraction of sp³-hybridized carbons (Fsp3) is 0.167. The molecule has 0 unspecified atom stereocenters. The van der Waals surface area contributed by atoms with E-state index in [0.29, 0.717) is 12.6 Å². The number of thiophene rings is 1. The SMILES string of the molecule is Fc1cc(C(F)(F)F)ccc1NCc1cc(Br)cs1. The molecular formula is C12H8BrF4NS. The minimum Gasteiger partial charge on any atom is -0.378 e. The average Bonchev–Trinajstić information content (AvgIpc) is 2.72. The molecule has 0 saturated heterocycles. The smallest absolute Gasteiger partial charge is 0.378 e. The quantitative estimate of drug-likeness (QED) is 0.740. The standard InChI is InChI=1S/C12H8BrF4NS/c13-8-4-9(19-6-8)5-18-11-2-1-7(3-10(11)14)12(15,16)17/h1-4,6,18H,5H2. The van der Waals surface area contributed by atoms with Crippen molar-refractivity contribution >= 4 is 33.0 Å². The first-order valence-electron chi connectivity index (χ1n) is 5.20. The third-order valence-electron chi connectivity index (χ3n) is 2.37. The summed E-state index contributed by atoms with van der Waals surface area (Å²) in [6.45, 7) is 0.360. The molecule has 1 aromatic heterocycles. The second-order valence-electron chi connectivity index (χ2n) is 3.78. The highest BCUT2D eigenvalue weighted by Gasteiger charge is 2.31. The summed E-state index contributed by atoms with van der Waals surface area (Å²) in [7, 11) is 0. The predicted molar refractivity (Wildman–Crippen MR) is 70.7 cm³/mol. The topological polar surface area (TPSA) is 12.0 Å². The Hall–Kier alpha value is -1.08. The van der Waals surface area contributed by atoms with Crippen LogP contribution >= 0.6 is 27.3 Å². The molecule has 1 N–H and O–H groups in total. The van der Waals surface area contributed by atoms with Crippen molar-refractivity contribution in [3.63, 3.8) is 0 Å². The minimum atomic E-state index is -4.53. The maximum Gasteiger partial charge on any atom is 0.416 e. The van der Waals surface area contributed by atoms with Gasteiger partial charge in [0.25, 0.3) is 0 Å². The van der Waals surface area contributed by atoms with Crippen LogP contribution in [0.15, 0.2) is 34.1 Å². The largest absolute Gasteiger partial charge is 0.416 e. The second kappa shape index (κ2) is 5.50. The van der Waals surface area contributed by atoms with E-state index < -0.39 is 17.6 Å². The van der Waals surface area contributed by atoms with Crippen LogP contribution in [0.4, 0.5) is 23.2 Å². The van der Waals surface area contributed by atoms with Gasteiger partial charge in [-0.15, -0.1) is 11.3 Å². The molecule has 0 fully saturated rings. The lowest BCUT2D eigenvalue weighted by Crippen LogP contribution is -2.07. The fourth-order valence-electron chi connectivity index (χ4n) is 1.46. The zero-order valence-corrected chi connectivity index (χ0v) is 11.8. The number of nitrogens with one attached hydrogen (secondary N) is 1. The molecule has 0 bridgehead atoms. The molecule has 2 aromatic rings. The zero-order chi connectivity index (χ0) is 14.0. The molecule has 19 heavy (non-hydrogen) atoms. The molecule has 102 valence electrons. The molecule has 0 aliphatic carbocycles. The lowest BCUT2D eigenvalue weighted by Gasteiger charge is -2.10. The van der Waals surface area contributed by atoms with Crippen LogP contribution in [0.3, 0.4) is 0 Å². The maximum atomic E-state index is 13.5. The maximum absolute atomic E-state index is 13.5. The zero-order valence-electron chi connectivity index (χ0n) is 9.39. The Morgan fingerprint density at radius 3 is 2.47 bits per heavy atom. The molecular weight excluding hydrogens is 346 g/mol. The lowest BCUT2D eigenvalue weighted by molar-refractivity contribution is -0.137. The van der Waals surface area contributed by atoms with Gasteiger partial charge in [-0.3, -0.25) is 0 Å². The Morgan fingerprint density at radius 2 is 1.95 bits per heavy atom. The molecule has 0 amide bonds. The molecule has 0 aliphatic rings. The Labute approximate surface area is 119 Å². The van der Waals surface area contributed by atoms with E-state index in [0.717, 1.165) is 21.5 Å². The van der Waals surface area contributed by atoms with Crippen LogP contribution in [-0.2, 0) is 12.7 Å². The molecule has 0 radical (unpaired) electrons. The third-order valence-corrected chi connectivity index (χ3v) is 4.07. The number of hydrogen-bond donors (Lipinski definition) is 1. The molecule has 2 rings (SSSR count). The third kappa shape index (κ3) is 3.70. The molecule has 0 saturated carbocycles. The Kier molecular flexibility index (Phi) is 4.15. The number of halogens is 5. The van der Waals surface area contributed by atoms with E-state index in [9.17, 15) is 17.6 Å². The fourth-order valence-corrected chi connectivity index (χ4v) is 2.85. The van der Waals surface area contributed by atoms with Crippen LogP contribution in [0.1, 0.15) is 10.4 Å². The summed E-state index contributed by atoms with van der Waals surface area (Å²) in [5, 5.41) is 4.64. The Morgan fingerprint density at radius 1 is 1.21 bits per heavy atom. The second-order valence-corrected chi connectivity index (χ2v) is 5.69. The van der Waals surface area contributed by atoms with Crippen LogP contribution in [-0.4, -0.2) is 0 Å². The molecule has 1 heterocycles. The normalized spacial score (nSPS) is 11.6. The molecule has 0 aliphatic heterocycles. The number of alkyl halides is 3. The molecule has 1 nitrogen and oxygen atoms in total. The van der Waals surface area contributed by atoms with Crippen LogP contribution in [0.2, 0.25) is 0 Å². The summed E-state index contributed by atoms with van der Waals surface area (Å²) in [6.07, 6.45) is -4.53. The summed E-state index contributed by atoms with van der Waals surface area (Å²) in [6, 6.07) is 4.31. The van der Waals surface area contributed by atoms with E-state index in [1.807, 2.05) is 11.4 Å². The Bertz CT molecular complexity index is 579. The van der Waals surface area contributed by atoms with Crippen molar-refractivity contribution in [3.05, 3.63) is 50.4 Å². The summed E-state index contributed by atoms with van der Waals surface area (Å²) in [5.74, 6) is -0.912. The average molecular weight is 354 g/mol. The van der Waals surface area contributed by atoms with Crippen molar-refractivity contribution in [3.8, 4) is 0 Å². The number of benzene rings is 1. The molecule has 0 spiro atoms. The lowest BCUT2D eigenvalue weighted by atomic mass is 10.2. The number of anilines is 1. The van der Waals surface area contributed by atoms with Gasteiger partial charge in [0.1, 0.15) is 5.82 Å². The first-order valence-corrected chi connectivity index (χ1v) is 6.87. The van der Waals surface area contributed by atoms with Crippen LogP contribution < -0.4 is 5.32 Å². The monoisotopic (exact) mass is 353 g/mol. The summed E-state index contributed by atoms with van der Waals surface area (Å²) in [5.41, 5.74) is -0.938. The van der Waals surface area contributed by atoms with E-state index in [1.54, 1.807) is 0 Å². The van der Waals surface area contributed by atoms with Gasteiger partial charge < -0.3 is 5.32 Å². The van der Waals surface area contributed by atoms with Gasteiger partial charge in [-0.25, -0.2) is 4.39 Å². The van der Waals surface area contributed by atoms with Gasteiger partial charge in [-0.2, -0.15) is 13.2 Å². The summed E-state index contributed by atoms with van der Waals surface area (Å²) in [4.78, 5) is 0.950. The van der Waals surface area contributed by atoms with E-state index in [1.165, 1.54) is 11.3 Å². The van der Waals surface area contributed by atoms with E-state index in [2.05, 4.69) is 21.2 Å². The van der Waals surface area contributed by atoms with E-state index in [4.69, 9.17) is 0 Å². The van der Waals surface area contributed by atoms with Crippen molar-refractivity contribution < 1.29 is 17.6 Å². The van der Waals surface area contributed by atoms with Crippen molar-refractivity contribution in [1.82, 2.24) is 0 Å². The molecule has 0 atom stereocenters.